The molecule has 2 aliphatic heterocycles. The van der Waals surface area contributed by atoms with Crippen LogP contribution in [0.2, 0.25) is 0 Å². The number of thiophene rings is 1. The van der Waals surface area contributed by atoms with E-state index in [-0.39, 0.29) is 11.5 Å². The van der Waals surface area contributed by atoms with Crippen molar-refractivity contribution in [3.63, 3.8) is 0 Å². The summed E-state index contributed by atoms with van der Waals surface area (Å²) in [5.41, 5.74) is -0.120. The molecule has 1 spiro atoms. The van der Waals surface area contributed by atoms with Gasteiger partial charge in [0, 0.05) is 17.8 Å². The molecule has 2 atom stereocenters. The van der Waals surface area contributed by atoms with Gasteiger partial charge in [-0.3, -0.25) is 4.79 Å². The molecular weight excluding hydrogens is 445 g/mol. The van der Waals surface area contributed by atoms with E-state index in [1.54, 1.807) is 11.3 Å². The Hall–Kier alpha value is -2.17. The summed E-state index contributed by atoms with van der Waals surface area (Å²) in [4.78, 5) is 26.9. The van der Waals surface area contributed by atoms with Crippen LogP contribution >= 0.6 is 11.3 Å². The monoisotopic (exact) mass is 472 g/mol. The van der Waals surface area contributed by atoms with Crippen LogP contribution < -0.4 is 0 Å². The summed E-state index contributed by atoms with van der Waals surface area (Å²) >= 11 is 1.60. The molecule has 3 heterocycles. The minimum atomic E-state index is -5.08. The maximum absolute atomic E-state index is 13.0. The van der Waals surface area contributed by atoms with E-state index in [9.17, 15) is 18.0 Å². The number of carboxylic acids is 1. The van der Waals surface area contributed by atoms with Gasteiger partial charge in [-0.25, -0.2) is 4.79 Å². The van der Waals surface area contributed by atoms with Gasteiger partial charge in [0.1, 0.15) is 0 Å². The molecule has 1 aromatic heterocycles. The number of likely N-dealkylation sites (N-methyl/N-ethyl adjacent to an activating group) is 1. The zero-order valence-corrected chi connectivity index (χ0v) is 18.8. The summed E-state index contributed by atoms with van der Waals surface area (Å²) in [7, 11) is 4.19. The molecule has 6 nitrogen and oxygen atoms in total. The molecule has 1 aromatic carbocycles. The number of carbonyl (C=O) groups excluding carboxylic acids is 1. The summed E-state index contributed by atoms with van der Waals surface area (Å²) in [5.74, 6) is -2.59. The highest BCUT2D eigenvalue weighted by molar-refractivity contribution is 7.20. The molecule has 2 fully saturated rings. The number of hydrogen-bond donors (Lipinski definition) is 1. The highest BCUT2D eigenvalue weighted by Crippen LogP contribution is 2.38. The highest BCUT2D eigenvalue weighted by Gasteiger charge is 2.44. The van der Waals surface area contributed by atoms with Gasteiger partial charge in [0.05, 0.1) is 23.1 Å². The SMILES string of the molecule is CN(C)C[C@@H]1CCC[C@]2(CCN(C(=O)c3cc4ccccc4s3)C2)O1.O=C(O)C(F)(F)F. The number of alkyl halides is 3. The minimum Gasteiger partial charge on any atom is -0.475 e. The number of halogens is 3. The molecule has 2 saturated heterocycles. The minimum absolute atomic E-state index is 0.120. The van der Waals surface area contributed by atoms with Crippen molar-refractivity contribution >= 4 is 33.3 Å². The van der Waals surface area contributed by atoms with Crippen LogP contribution in [0.1, 0.15) is 35.4 Å². The lowest BCUT2D eigenvalue weighted by Crippen LogP contribution is -2.46. The second-order valence-electron chi connectivity index (χ2n) is 8.51. The van der Waals surface area contributed by atoms with E-state index >= 15 is 0 Å². The molecule has 4 rings (SSSR count). The number of carbonyl (C=O) groups is 2. The lowest BCUT2D eigenvalue weighted by molar-refractivity contribution is -0.192. The van der Waals surface area contributed by atoms with Crippen molar-refractivity contribution in [2.45, 2.75) is 43.6 Å². The van der Waals surface area contributed by atoms with Gasteiger partial charge < -0.3 is 19.6 Å². The number of ether oxygens (including phenoxy) is 1. The number of rotatable bonds is 3. The lowest BCUT2D eigenvalue weighted by Gasteiger charge is -2.39. The molecule has 2 aliphatic rings. The third-order valence-electron chi connectivity index (χ3n) is 5.63. The van der Waals surface area contributed by atoms with E-state index in [0.717, 1.165) is 49.2 Å². The molecule has 10 heteroatoms. The van der Waals surface area contributed by atoms with Crippen molar-refractivity contribution in [3.8, 4) is 0 Å². The average molecular weight is 473 g/mol. The second-order valence-corrected chi connectivity index (χ2v) is 9.59. The average Bonchev–Trinajstić information content (AvgIpc) is 3.31. The molecule has 176 valence electrons. The Kier molecular flexibility index (Phi) is 7.46. The quantitative estimate of drug-likeness (QED) is 0.723. The van der Waals surface area contributed by atoms with Crippen LogP contribution in [0, 0.1) is 0 Å². The number of hydrogen-bond acceptors (Lipinski definition) is 5. The number of benzene rings is 1. The van der Waals surface area contributed by atoms with Gasteiger partial charge in [-0.1, -0.05) is 18.2 Å². The normalized spacial score (nSPS) is 23.4. The first-order valence-electron chi connectivity index (χ1n) is 10.4. The lowest BCUT2D eigenvalue weighted by atomic mass is 9.90. The van der Waals surface area contributed by atoms with Crippen LogP contribution in [0.15, 0.2) is 30.3 Å². The molecule has 32 heavy (non-hydrogen) atoms. The van der Waals surface area contributed by atoms with Crippen LogP contribution in [0.3, 0.4) is 0 Å². The fourth-order valence-electron chi connectivity index (χ4n) is 4.22. The third-order valence-corrected chi connectivity index (χ3v) is 6.73. The van der Waals surface area contributed by atoms with Crippen molar-refractivity contribution < 1.29 is 32.6 Å². The second kappa shape index (κ2) is 9.76. The Bertz CT molecular complexity index is 929. The third kappa shape index (κ3) is 5.99. The first-order valence-corrected chi connectivity index (χ1v) is 11.2. The Morgan fingerprint density at radius 3 is 2.59 bits per heavy atom. The zero-order chi connectivity index (χ0) is 23.5. The van der Waals surface area contributed by atoms with E-state index in [0.29, 0.717) is 6.10 Å². The predicted molar refractivity (Wildman–Crippen MR) is 116 cm³/mol. The van der Waals surface area contributed by atoms with Crippen molar-refractivity contribution in [1.82, 2.24) is 9.80 Å². The van der Waals surface area contributed by atoms with Gasteiger partial charge >= 0.3 is 12.1 Å². The maximum atomic E-state index is 13.0. The van der Waals surface area contributed by atoms with E-state index in [4.69, 9.17) is 14.6 Å². The summed E-state index contributed by atoms with van der Waals surface area (Å²) < 4.78 is 39.4. The zero-order valence-electron chi connectivity index (χ0n) is 18.0. The van der Waals surface area contributed by atoms with Gasteiger partial charge in [0.15, 0.2) is 0 Å². The molecule has 0 bridgehead atoms. The topological polar surface area (TPSA) is 70.1 Å². The van der Waals surface area contributed by atoms with Crippen LogP contribution in [0.25, 0.3) is 10.1 Å². The van der Waals surface area contributed by atoms with Crippen LogP contribution in [0.4, 0.5) is 13.2 Å². The van der Waals surface area contributed by atoms with Gasteiger partial charge in [-0.15, -0.1) is 11.3 Å². The Labute approximate surface area is 188 Å². The van der Waals surface area contributed by atoms with Crippen molar-refractivity contribution in [3.05, 3.63) is 35.2 Å². The predicted octanol–water partition coefficient (Wildman–Crippen LogP) is 4.25. The largest absolute Gasteiger partial charge is 0.490 e. The fraction of sp³-hybridized carbons (Fsp3) is 0.545. The Morgan fingerprint density at radius 1 is 1.28 bits per heavy atom. The number of nitrogens with zero attached hydrogens (tertiary/aromatic N) is 2. The van der Waals surface area contributed by atoms with Crippen LogP contribution in [-0.4, -0.2) is 78.4 Å². The van der Waals surface area contributed by atoms with E-state index in [1.165, 1.54) is 11.1 Å². The number of aliphatic carboxylic acids is 1. The van der Waals surface area contributed by atoms with Gasteiger partial charge in [-0.05, 0) is 57.3 Å². The van der Waals surface area contributed by atoms with E-state index in [1.807, 2.05) is 23.1 Å². The summed E-state index contributed by atoms with van der Waals surface area (Å²) in [5, 5.41) is 8.28. The standard InChI is InChI=1S/C20H26N2O2S.C2HF3O2/c1-21(2)13-16-7-5-9-20(24-16)10-11-22(14-20)19(23)18-12-15-6-3-4-8-17(15)25-18;3-2(4,5)1(6)7/h3-4,6,8,12,16H,5,7,9-11,13-14H2,1-2H3;(H,6,7)/t16-,20+;/m0./s1. The first-order chi connectivity index (χ1) is 15.0. The number of carboxylic acid groups (broad SMARTS) is 1. The number of amides is 1. The Balaban J connectivity index is 0.000000360. The maximum Gasteiger partial charge on any atom is 0.490 e. The molecule has 2 aromatic rings. The fourth-order valence-corrected chi connectivity index (χ4v) is 5.25. The van der Waals surface area contributed by atoms with E-state index in [2.05, 4.69) is 31.1 Å². The molecular formula is C22H27F3N2O4S. The number of fused-ring (bicyclic) bond motifs is 1. The first kappa shape index (κ1) is 24.5. The molecule has 1 N–H and O–H groups in total. The Morgan fingerprint density at radius 2 is 1.97 bits per heavy atom. The van der Waals surface area contributed by atoms with Crippen LogP contribution in [-0.2, 0) is 9.53 Å². The summed E-state index contributed by atoms with van der Waals surface area (Å²) in [6.07, 6.45) is -0.419. The molecule has 0 saturated carbocycles. The molecule has 0 unspecified atom stereocenters. The summed E-state index contributed by atoms with van der Waals surface area (Å²) in [6, 6.07) is 10.2. The molecule has 0 radical (unpaired) electrons. The number of likely N-dealkylation sites (tertiary alicyclic amines) is 1. The van der Waals surface area contributed by atoms with Gasteiger partial charge in [0.2, 0.25) is 0 Å². The van der Waals surface area contributed by atoms with E-state index < -0.39 is 12.1 Å². The van der Waals surface area contributed by atoms with Gasteiger partial charge in [0.25, 0.3) is 5.91 Å². The van der Waals surface area contributed by atoms with Crippen molar-refractivity contribution in [1.29, 1.82) is 0 Å². The molecule has 0 aliphatic carbocycles. The summed E-state index contributed by atoms with van der Waals surface area (Å²) in [6.45, 7) is 2.51. The highest BCUT2D eigenvalue weighted by atomic mass is 32.1. The van der Waals surface area contributed by atoms with Gasteiger partial charge in [-0.2, -0.15) is 13.2 Å². The smallest absolute Gasteiger partial charge is 0.475 e. The van der Waals surface area contributed by atoms with Crippen LogP contribution in [0.5, 0.6) is 0 Å². The van der Waals surface area contributed by atoms with Crippen molar-refractivity contribution in [2.24, 2.45) is 0 Å². The molecule has 1 amide bonds. The van der Waals surface area contributed by atoms with Crippen molar-refractivity contribution in [2.75, 3.05) is 33.7 Å².